The number of rotatable bonds is 3. The first-order valence-electron chi connectivity index (χ1n) is 7.24. The number of methoxy groups -OCH3 is 1. The Morgan fingerprint density at radius 3 is 2.64 bits per heavy atom. The molecule has 22 heavy (non-hydrogen) atoms. The molecule has 3 rings (SSSR count). The van der Waals surface area contributed by atoms with Crippen molar-refractivity contribution in [3.05, 3.63) is 11.2 Å². The Labute approximate surface area is 135 Å². The van der Waals surface area contributed by atoms with E-state index in [0.717, 1.165) is 32.6 Å². The predicted molar refractivity (Wildman–Crippen MR) is 84.4 cm³/mol. The van der Waals surface area contributed by atoms with Gasteiger partial charge < -0.3 is 9.64 Å². The van der Waals surface area contributed by atoms with E-state index in [4.69, 9.17) is 16.3 Å². The van der Waals surface area contributed by atoms with Gasteiger partial charge in [0.1, 0.15) is 5.02 Å². The lowest BCUT2D eigenvalue weighted by atomic mass is 10.2. The summed E-state index contributed by atoms with van der Waals surface area (Å²) in [6.45, 7) is 3.14. The largest absolute Gasteiger partial charge is 0.467 e. The maximum atomic E-state index is 11.6. The molecule has 9 heteroatoms. The highest BCUT2D eigenvalue weighted by atomic mass is 35.5. The maximum absolute atomic E-state index is 11.6. The number of hydrogen-bond acceptors (Lipinski definition) is 7. The summed E-state index contributed by atoms with van der Waals surface area (Å²) in [5, 5.41) is 0.498. The fourth-order valence-electron chi connectivity index (χ4n) is 3.02. The van der Waals surface area contributed by atoms with E-state index in [2.05, 4.69) is 19.8 Å². The Morgan fingerprint density at radius 1 is 1.32 bits per heavy atom. The van der Waals surface area contributed by atoms with Crippen LogP contribution in [0.3, 0.4) is 0 Å². The molecule has 0 saturated carbocycles. The molecule has 0 amide bonds. The molecule has 1 aromatic rings. The monoisotopic (exact) mass is 346 g/mol. The van der Waals surface area contributed by atoms with Crippen LogP contribution in [0.25, 0.3) is 0 Å². The fourth-order valence-corrected chi connectivity index (χ4v) is 5.00. The number of ether oxygens (including phenoxy) is 1. The van der Waals surface area contributed by atoms with Crippen molar-refractivity contribution in [1.29, 1.82) is 0 Å². The first-order valence-corrected chi connectivity index (χ1v) is 9.44. The zero-order valence-corrected chi connectivity index (χ0v) is 14.0. The van der Waals surface area contributed by atoms with Crippen molar-refractivity contribution in [3.8, 4) is 6.01 Å². The molecule has 0 spiro atoms. The van der Waals surface area contributed by atoms with Gasteiger partial charge in [-0.25, -0.2) is 13.4 Å². The van der Waals surface area contributed by atoms with Crippen molar-refractivity contribution >= 4 is 27.3 Å². The van der Waals surface area contributed by atoms with E-state index in [1.807, 2.05) is 0 Å². The predicted octanol–water partition coefficient (Wildman–Crippen LogP) is 0.448. The second kappa shape index (κ2) is 6.17. The topological polar surface area (TPSA) is 75.6 Å². The summed E-state index contributed by atoms with van der Waals surface area (Å²) in [4.78, 5) is 12.6. The van der Waals surface area contributed by atoms with Crippen molar-refractivity contribution in [2.24, 2.45) is 0 Å². The van der Waals surface area contributed by atoms with Gasteiger partial charge in [0.05, 0.1) is 24.8 Å². The van der Waals surface area contributed by atoms with Gasteiger partial charge in [0.15, 0.2) is 15.7 Å². The fraction of sp³-hybridized carbons (Fsp3) is 0.692. The van der Waals surface area contributed by atoms with Crippen LogP contribution in [0.5, 0.6) is 6.01 Å². The summed E-state index contributed by atoms with van der Waals surface area (Å²) in [6, 6.07) is 0.450. The normalized spacial score (nSPS) is 25.4. The summed E-state index contributed by atoms with van der Waals surface area (Å²) in [6.07, 6.45) is 2.28. The molecule has 2 aliphatic heterocycles. The van der Waals surface area contributed by atoms with E-state index in [-0.39, 0.29) is 11.8 Å². The summed E-state index contributed by atoms with van der Waals surface area (Å²) < 4.78 is 28.2. The molecule has 0 radical (unpaired) electrons. The van der Waals surface area contributed by atoms with Crippen molar-refractivity contribution in [3.63, 3.8) is 0 Å². The standard InChI is InChI=1S/C13H19ClN4O3S/c1-21-13-15-8-11(14)12(16-13)18-5-3-17(4-6-18)10-2-7-22(19,20)9-10/h8,10H,2-7,9H2,1H3/t10-/m0/s1. The van der Waals surface area contributed by atoms with E-state index < -0.39 is 9.84 Å². The highest BCUT2D eigenvalue weighted by molar-refractivity contribution is 7.91. The molecule has 2 fully saturated rings. The van der Waals surface area contributed by atoms with Gasteiger partial charge in [-0.3, -0.25) is 4.90 Å². The molecule has 2 aliphatic rings. The van der Waals surface area contributed by atoms with Gasteiger partial charge in [-0.2, -0.15) is 4.98 Å². The summed E-state index contributed by atoms with van der Waals surface area (Å²) in [5.74, 6) is 1.27. The summed E-state index contributed by atoms with van der Waals surface area (Å²) in [5.41, 5.74) is 0. The Hall–Kier alpha value is -1.12. The van der Waals surface area contributed by atoms with Crippen molar-refractivity contribution in [1.82, 2.24) is 14.9 Å². The van der Waals surface area contributed by atoms with Gasteiger partial charge >= 0.3 is 6.01 Å². The van der Waals surface area contributed by atoms with Crippen molar-refractivity contribution in [2.45, 2.75) is 12.5 Å². The Morgan fingerprint density at radius 2 is 2.05 bits per heavy atom. The lowest BCUT2D eigenvalue weighted by Gasteiger charge is -2.38. The van der Waals surface area contributed by atoms with Crippen LogP contribution in [0.1, 0.15) is 6.42 Å². The quantitative estimate of drug-likeness (QED) is 0.786. The summed E-state index contributed by atoms with van der Waals surface area (Å²) >= 11 is 6.17. The van der Waals surface area contributed by atoms with Gasteiger partial charge in [0, 0.05) is 32.2 Å². The van der Waals surface area contributed by atoms with Crippen LogP contribution < -0.4 is 9.64 Å². The van der Waals surface area contributed by atoms with Crippen molar-refractivity contribution in [2.75, 3.05) is 49.7 Å². The molecule has 0 aromatic carbocycles. The number of piperazine rings is 1. The minimum absolute atomic E-state index is 0.155. The third-order valence-electron chi connectivity index (χ3n) is 4.22. The van der Waals surface area contributed by atoms with Crippen LogP contribution in [0, 0.1) is 0 Å². The molecule has 1 aromatic heterocycles. The summed E-state index contributed by atoms with van der Waals surface area (Å²) in [7, 11) is -1.32. The van der Waals surface area contributed by atoms with Crippen LogP contribution in [0.15, 0.2) is 6.20 Å². The number of halogens is 1. The lowest BCUT2D eigenvalue weighted by molar-refractivity contribution is 0.200. The van der Waals surface area contributed by atoms with Crippen LogP contribution >= 0.6 is 11.6 Å². The second-order valence-corrected chi connectivity index (χ2v) is 8.24. The van der Waals surface area contributed by atoms with Gasteiger partial charge in [0.2, 0.25) is 0 Å². The SMILES string of the molecule is COc1ncc(Cl)c(N2CCN([C@H]3CCS(=O)(=O)C3)CC2)n1. The highest BCUT2D eigenvalue weighted by Gasteiger charge is 2.34. The van der Waals surface area contributed by atoms with Crippen molar-refractivity contribution < 1.29 is 13.2 Å². The highest BCUT2D eigenvalue weighted by Crippen LogP contribution is 2.26. The molecule has 0 unspecified atom stereocenters. The average molecular weight is 347 g/mol. The minimum Gasteiger partial charge on any atom is -0.467 e. The van der Waals surface area contributed by atoms with Gasteiger partial charge in [-0.05, 0) is 6.42 Å². The number of hydrogen-bond donors (Lipinski definition) is 0. The van der Waals surface area contributed by atoms with E-state index in [9.17, 15) is 8.42 Å². The zero-order chi connectivity index (χ0) is 15.7. The molecule has 1 atom stereocenters. The molecule has 122 valence electrons. The first kappa shape index (κ1) is 15.8. The first-order chi connectivity index (χ1) is 10.5. The number of sulfone groups is 1. The molecule has 7 nitrogen and oxygen atoms in total. The third kappa shape index (κ3) is 3.28. The van der Waals surface area contributed by atoms with E-state index in [0.29, 0.717) is 22.6 Å². The van der Waals surface area contributed by atoms with Crippen LogP contribution in [-0.4, -0.2) is 74.1 Å². The molecular weight excluding hydrogens is 328 g/mol. The molecule has 3 heterocycles. The Bertz CT molecular complexity index is 647. The number of anilines is 1. The zero-order valence-electron chi connectivity index (χ0n) is 12.4. The van der Waals surface area contributed by atoms with Crippen LogP contribution in [0.4, 0.5) is 5.82 Å². The van der Waals surface area contributed by atoms with Crippen LogP contribution in [-0.2, 0) is 9.84 Å². The van der Waals surface area contributed by atoms with E-state index in [1.54, 1.807) is 6.20 Å². The molecule has 0 aliphatic carbocycles. The average Bonchev–Trinajstić information content (AvgIpc) is 2.88. The Kier molecular flexibility index (Phi) is 4.42. The van der Waals surface area contributed by atoms with E-state index >= 15 is 0 Å². The van der Waals surface area contributed by atoms with Crippen LogP contribution in [0.2, 0.25) is 5.02 Å². The smallest absolute Gasteiger partial charge is 0.318 e. The maximum Gasteiger partial charge on any atom is 0.318 e. The Balaban J connectivity index is 1.65. The number of aromatic nitrogens is 2. The van der Waals surface area contributed by atoms with Gasteiger partial charge in [0.25, 0.3) is 0 Å². The van der Waals surface area contributed by atoms with Gasteiger partial charge in [-0.1, -0.05) is 11.6 Å². The minimum atomic E-state index is -2.84. The third-order valence-corrected chi connectivity index (χ3v) is 6.24. The van der Waals surface area contributed by atoms with Gasteiger partial charge in [-0.15, -0.1) is 0 Å². The van der Waals surface area contributed by atoms with E-state index in [1.165, 1.54) is 7.11 Å². The molecular formula is C13H19ClN4O3S. The second-order valence-electron chi connectivity index (χ2n) is 5.61. The number of nitrogens with zero attached hydrogens (tertiary/aromatic N) is 4. The molecule has 0 bridgehead atoms. The molecule has 0 N–H and O–H groups in total. The lowest BCUT2D eigenvalue weighted by Crippen LogP contribution is -2.51. The molecule has 2 saturated heterocycles.